The minimum Gasteiger partial charge on any atom is -0.399 e. The smallest absolute Gasteiger partial charge is 0.222 e. The lowest BCUT2D eigenvalue weighted by Gasteiger charge is -2.17. The van der Waals surface area contributed by atoms with Gasteiger partial charge in [-0.3, -0.25) is 4.79 Å². The van der Waals surface area contributed by atoms with Gasteiger partial charge >= 0.3 is 0 Å². The molecular formula is C16H22N2O. The molecule has 1 amide bonds. The van der Waals surface area contributed by atoms with E-state index in [2.05, 4.69) is 4.90 Å². The highest BCUT2D eigenvalue weighted by Gasteiger charge is 2.37. The van der Waals surface area contributed by atoms with Crippen molar-refractivity contribution in [1.29, 1.82) is 0 Å². The van der Waals surface area contributed by atoms with Gasteiger partial charge in [-0.05, 0) is 42.7 Å². The highest BCUT2D eigenvalue weighted by Crippen LogP contribution is 2.37. The molecule has 1 saturated heterocycles. The molecule has 1 heterocycles. The summed E-state index contributed by atoms with van der Waals surface area (Å²) in [6.07, 6.45) is 5.35. The minimum atomic E-state index is 0.303. The molecule has 1 aromatic rings. The number of rotatable bonds is 3. The standard InChI is InChI=1S/C16H22N2O/c17-15-7-2-1-4-12(15)8-9-16(19)18-10-13-5-3-6-14(13)11-18/h1-2,4,7,13-14H,3,5-6,8-11,17H2. The fourth-order valence-electron chi connectivity index (χ4n) is 3.60. The Kier molecular flexibility index (Phi) is 3.45. The van der Waals surface area contributed by atoms with Crippen LogP contribution in [0.4, 0.5) is 5.69 Å². The zero-order valence-electron chi connectivity index (χ0n) is 11.3. The zero-order valence-corrected chi connectivity index (χ0v) is 11.3. The molecule has 3 heteroatoms. The lowest BCUT2D eigenvalue weighted by atomic mass is 10.0. The van der Waals surface area contributed by atoms with Gasteiger partial charge in [-0.2, -0.15) is 0 Å². The number of carbonyl (C=O) groups is 1. The third-order valence-electron chi connectivity index (χ3n) is 4.74. The van der Waals surface area contributed by atoms with Crippen molar-refractivity contribution >= 4 is 11.6 Å². The largest absolute Gasteiger partial charge is 0.399 e. The number of anilines is 1. The minimum absolute atomic E-state index is 0.303. The van der Waals surface area contributed by atoms with Crippen LogP contribution in [0.5, 0.6) is 0 Å². The SMILES string of the molecule is Nc1ccccc1CCC(=O)N1CC2CCCC2C1. The van der Waals surface area contributed by atoms with E-state index in [9.17, 15) is 4.79 Å². The Morgan fingerprint density at radius 2 is 1.89 bits per heavy atom. The molecule has 1 aromatic carbocycles. The summed E-state index contributed by atoms with van der Waals surface area (Å²) < 4.78 is 0. The van der Waals surface area contributed by atoms with Gasteiger partial charge in [0.05, 0.1) is 0 Å². The Hall–Kier alpha value is -1.51. The highest BCUT2D eigenvalue weighted by molar-refractivity contribution is 5.77. The fraction of sp³-hybridized carbons (Fsp3) is 0.562. The van der Waals surface area contributed by atoms with Crippen molar-refractivity contribution in [2.45, 2.75) is 32.1 Å². The van der Waals surface area contributed by atoms with Gasteiger partial charge in [0, 0.05) is 25.2 Å². The van der Waals surface area contributed by atoms with Crippen molar-refractivity contribution in [3.63, 3.8) is 0 Å². The Balaban J connectivity index is 1.54. The molecule has 0 radical (unpaired) electrons. The molecule has 2 unspecified atom stereocenters. The van der Waals surface area contributed by atoms with E-state index in [0.717, 1.165) is 42.6 Å². The first-order valence-corrected chi connectivity index (χ1v) is 7.35. The molecule has 1 aliphatic carbocycles. The quantitative estimate of drug-likeness (QED) is 0.847. The van der Waals surface area contributed by atoms with E-state index in [1.165, 1.54) is 19.3 Å². The highest BCUT2D eigenvalue weighted by atomic mass is 16.2. The molecule has 102 valence electrons. The van der Waals surface area contributed by atoms with Crippen molar-refractivity contribution in [3.05, 3.63) is 29.8 Å². The molecule has 0 spiro atoms. The summed E-state index contributed by atoms with van der Waals surface area (Å²) in [7, 11) is 0. The molecule has 2 aliphatic rings. The molecule has 0 aromatic heterocycles. The number of benzene rings is 1. The number of carbonyl (C=O) groups excluding carboxylic acids is 1. The summed E-state index contributed by atoms with van der Waals surface area (Å²) in [6.45, 7) is 1.99. The second-order valence-electron chi connectivity index (χ2n) is 5.95. The number of aryl methyl sites for hydroxylation is 1. The van der Waals surface area contributed by atoms with Crippen molar-refractivity contribution in [2.75, 3.05) is 18.8 Å². The van der Waals surface area contributed by atoms with Crippen molar-refractivity contribution in [2.24, 2.45) is 11.8 Å². The van der Waals surface area contributed by atoms with E-state index < -0.39 is 0 Å². The first-order chi connectivity index (χ1) is 9.24. The van der Waals surface area contributed by atoms with Crippen LogP contribution in [0, 0.1) is 11.8 Å². The van der Waals surface area contributed by atoms with Gasteiger partial charge in [-0.25, -0.2) is 0 Å². The maximum atomic E-state index is 12.2. The van der Waals surface area contributed by atoms with Crippen LogP contribution in [0.2, 0.25) is 0 Å². The fourth-order valence-corrected chi connectivity index (χ4v) is 3.60. The van der Waals surface area contributed by atoms with E-state index in [1.54, 1.807) is 0 Å². The maximum absolute atomic E-state index is 12.2. The van der Waals surface area contributed by atoms with Crippen LogP contribution in [-0.2, 0) is 11.2 Å². The number of amides is 1. The summed E-state index contributed by atoms with van der Waals surface area (Å²) in [6, 6.07) is 7.83. The first-order valence-electron chi connectivity index (χ1n) is 7.35. The topological polar surface area (TPSA) is 46.3 Å². The van der Waals surface area contributed by atoms with Gasteiger partial charge in [0.15, 0.2) is 0 Å². The number of fused-ring (bicyclic) bond motifs is 1. The second kappa shape index (κ2) is 5.24. The number of nitrogen functional groups attached to an aromatic ring is 1. The molecule has 1 saturated carbocycles. The van der Waals surface area contributed by atoms with Crippen LogP contribution in [0.1, 0.15) is 31.2 Å². The average Bonchev–Trinajstić information content (AvgIpc) is 2.98. The molecular weight excluding hydrogens is 236 g/mol. The van der Waals surface area contributed by atoms with E-state index in [0.29, 0.717) is 12.3 Å². The molecule has 1 aliphatic heterocycles. The van der Waals surface area contributed by atoms with Gasteiger partial charge in [0.2, 0.25) is 5.91 Å². The molecule has 3 rings (SSSR count). The number of hydrogen-bond acceptors (Lipinski definition) is 2. The normalized spacial score (nSPS) is 25.6. The van der Waals surface area contributed by atoms with Gasteiger partial charge in [0.25, 0.3) is 0 Å². The average molecular weight is 258 g/mol. The van der Waals surface area contributed by atoms with Crippen molar-refractivity contribution in [1.82, 2.24) is 4.90 Å². The lowest BCUT2D eigenvalue weighted by molar-refractivity contribution is -0.130. The van der Waals surface area contributed by atoms with Gasteiger partial charge in [-0.1, -0.05) is 24.6 Å². The lowest BCUT2D eigenvalue weighted by Crippen LogP contribution is -2.29. The Morgan fingerprint density at radius 3 is 2.58 bits per heavy atom. The van der Waals surface area contributed by atoms with Gasteiger partial charge < -0.3 is 10.6 Å². The number of hydrogen-bond donors (Lipinski definition) is 1. The third-order valence-corrected chi connectivity index (χ3v) is 4.74. The molecule has 2 atom stereocenters. The van der Waals surface area contributed by atoms with Gasteiger partial charge in [0.1, 0.15) is 0 Å². The zero-order chi connectivity index (χ0) is 13.2. The van der Waals surface area contributed by atoms with E-state index in [-0.39, 0.29) is 0 Å². The van der Waals surface area contributed by atoms with E-state index in [1.807, 2.05) is 24.3 Å². The molecule has 2 fully saturated rings. The molecule has 19 heavy (non-hydrogen) atoms. The summed E-state index contributed by atoms with van der Waals surface area (Å²) in [5.74, 6) is 1.87. The van der Waals surface area contributed by atoms with Gasteiger partial charge in [-0.15, -0.1) is 0 Å². The van der Waals surface area contributed by atoms with Crippen LogP contribution in [0.15, 0.2) is 24.3 Å². The molecule has 3 nitrogen and oxygen atoms in total. The van der Waals surface area contributed by atoms with Crippen LogP contribution < -0.4 is 5.73 Å². The van der Waals surface area contributed by atoms with Crippen molar-refractivity contribution < 1.29 is 4.79 Å². The number of likely N-dealkylation sites (tertiary alicyclic amines) is 1. The number of nitrogens with zero attached hydrogens (tertiary/aromatic N) is 1. The monoisotopic (exact) mass is 258 g/mol. The van der Waals surface area contributed by atoms with Crippen LogP contribution in [-0.4, -0.2) is 23.9 Å². The third kappa shape index (κ3) is 2.60. The second-order valence-corrected chi connectivity index (χ2v) is 5.95. The van der Waals surface area contributed by atoms with E-state index >= 15 is 0 Å². The van der Waals surface area contributed by atoms with Crippen LogP contribution in [0.25, 0.3) is 0 Å². The predicted molar refractivity (Wildman–Crippen MR) is 76.6 cm³/mol. The first kappa shape index (κ1) is 12.5. The van der Waals surface area contributed by atoms with Crippen LogP contribution in [0.3, 0.4) is 0 Å². The predicted octanol–water partition coefficient (Wildman–Crippen LogP) is 2.46. The molecule has 0 bridgehead atoms. The molecule has 2 N–H and O–H groups in total. The summed E-state index contributed by atoms with van der Waals surface area (Å²) in [4.78, 5) is 14.3. The van der Waals surface area contributed by atoms with Crippen molar-refractivity contribution in [3.8, 4) is 0 Å². The maximum Gasteiger partial charge on any atom is 0.222 e. The van der Waals surface area contributed by atoms with E-state index in [4.69, 9.17) is 5.73 Å². The Morgan fingerprint density at radius 1 is 1.21 bits per heavy atom. The van der Waals surface area contributed by atoms with Crippen LogP contribution >= 0.6 is 0 Å². The number of nitrogens with two attached hydrogens (primary N) is 1. The Labute approximate surface area is 114 Å². The Bertz CT molecular complexity index is 460. The summed E-state index contributed by atoms with van der Waals surface area (Å²) >= 11 is 0. The summed E-state index contributed by atoms with van der Waals surface area (Å²) in [5.41, 5.74) is 7.80. The summed E-state index contributed by atoms with van der Waals surface area (Å²) in [5, 5.41) is 0. The number of para-hydroxylation sites is 1.